The van der Waals surface area contributed by atoms with E-state index < -0.39 is 0 Å². The van der Waals surface area contributed by atoms with Crippen LogP contribution in [0, 0.1) is 11.3 Å². The number of ether oxygens (including phenoxy) is 1. The average molecular weight is 258 g/mol. The molecule has 19 heavy (non-hydrogen) atoms. The molecule has 0 N–H and O–H groups in total. The molecule has 1 aromatic rings. The number of rotatable bonds is 5. The van der Waals surface area contributed by atoms with Crippen molar-refractivity contribution >= 4 is 0 Å². The van der Waals surface area contributed by atoms with Gasteiger partial charge >= 0.3 is 0 Å². The normalized spacial score (nSPS) is 16.6. The lowest BCUT2D eigenvalue weighted by Gasteiger charge is -2.10. The van der Waals surface area contributed by atoms with Gasteiger partial charge in [-0.15, -0.1) is 0 Å². The van der Waals surface area contributed by atoms with Crippen LogP contribution in [0.4, 0.5) is 0 Å². The summed E-state index contributed by atoms with van der Waals surface area (Å²) in [5, 5.41) is 8.71. The largest absolute Gasteiger partial charge is 0.493 e. The van der Waals surface area contributed by atoms with Crippen LogP contribution in [0.5, 0.6) is 5.75 Å². The number of hydrogen-bond acceptors (Lipinski definition) is 3. The molecule has 3 heteroatoms. The summed E-state index contributed by atoms with van der Waals surface area (Å²) in [6.07, 6.45) is 6.53. The van der Waals surface area contributed by atoms with Gasteiger partial charge in [-0.1, -0.05) is 0 Å². The van der Waals surface area contributed by atoms with Crippen molar-refractivity contribution in [2.24, 2.45) is 0 Å². The van der Waals surface area contributed by atoms with Gasteiger partial charge in [-0.2, -0.15) is 10.2 Å². The Balaban J connectivity index is 1.64. The highest BCUT2D eigenvalue weighted by atomic mass is 16.5. The van der Waals surface area contributed by atoms with E-state index in [-0.39, 0.29) is 0 Å². The summed E-state index contributed by atoms with van der Waals surface area (Å²) < 4.78 is 5.69. The molecule has 2 rings (SSSR count). The second-order valence-electron chi connectivity index (χ2n) is 5.09. The lowest BCUT2D eigenvalue weighted by atomic mass is 10.2. The van der Waals surface area contributed by atoms with E-state index in [9.17, 15) is 0 Å². The molecule has 0 amide bonds. The monoisotopic (exact) mass is 258 g/mol. The topological polar surface area (TPSA) is 38.9 Å². The van der Waals surface area contributed by atoms with Crippen molar-refractivity contribution in [2.45, 2.75) is 32.1 Å². The molecule has 1 aliphatic heterocycles. The van der Waals surface area contributed by atoms with Crippen molar-refractivity contribution in [3.63, 3.8) is 0 Å². The summed E-state index contributed by atoms with van der Waals surface area (Å²) in [4.78, 5) is 2.55. The molecule has 101 valence electrons. The van der Waals surface area contributed by atoms with Gasteiger partial charge in [-0.3, -0.25) is 0 Å². The minimum Gasteiger partial charge on any atom is -0.493 e. The first-order valence-electron chi connectivity index (χ1n) is 7.24. The molecular weight excluding hydrogens is 236 g/mol. The molecule has 0 aromatic heterocycles. The molecule has 0 bridgehead atoms. The zero-order valence-corrected chi connectivity index (χ0v) is 11.5. The van der Waals surface area contributed by atoms with Gasteiger partial charge in [0.1, 0.15) is 25.4 Å². The molecule has 0 spiro atoms. The average Bonchev–Trinajstić information content (AvgIpc) is 2.73. The Kier molecular flexibility index (Phi) is 5.71. The van der Waals surface area contributed by atoms with Gasteiger partial charge in [0, 0.05) is 19.3 Å². The minimum absolute atomic E-state index is 0.678. The van der Waals surface area contributed by atoms with Crippen LogP contribution in [0.2, 0.25) is 0 Å². The van der Waals surface area contributed by atoms with Crippen LogP contribution in [0.15, 0.2) is 24.3 Å². The van der Waals surface area contributed by atoms with Crippen molar-refractivity contribution in [3.05, 3.63) is 29.8 Å². The number of benzene rings is 1. The van der Waals surface area contributed by atoms with Crippen molar-refractivity contribution in [1.82, 2.24) is 4.90 Å². The van der Waals surface area contributed by atoms with Crippen LogP contribution < -0.4 is 9.64 Å². The SMILES string of the molecule is N#Cc1ccc(OCCC[N+]2CCCCCC2)cc1. The maximum atomic E-state index is 8.71. The molecule has 1 radical (unpaired) electrons. The third-order valence-corrected chi connectivity index (χ3v) is 3.57. The molecule has 1 heterocycles. The summed E-state index contributed by atoms with van der Waals surface area (Å²) in [6.45, 7) is 4.38. The molecule has 0 aliphatic carbocycles. The Labute approximate surface area is 115 Å². The molecule has 0 unspecified atom stereocenters. The predicted octanol–water partition coefficient (Wildman–Crippen LogP) is 3.04. The first kappa shape index (κ1) is 13.9. The zero-order chi connectivity index (χ0) is 13.3. The van der Waals surface area contributed by atoms with E-state index >= 15 is 0 Å². The molecule has 0 saturated carbocycles. The Morgan fingerprint density at radius 1 is 1.05 bits per heavy atom. The summed E-state index contributed by atoms with van der Waals surface area (Å²) in [7, 11) is 0. The molecule has 0 atom stereocenters. The summed E-state index contributed by atoms with van der Waals surface area (Å²) in [6, 6.07) is 9.43. The molecule has 1 saturated heterocycles. The van der Waals surface area contributed by atoms with Crippen molar-refractivity contribution in [1.29, 1.82) is 5.26 Å². The highest BCUT2D eigenvalue weighted by Crippen LogP contribution is 2.12. The number of nitrogens with zero attached hydrogens (tertiary/aromatic N) is 2. The van der Waals surface area contributed by atoms with E-state index in [1.165, 1.54) is 38.8 Å². The van der Waals surface area contributed by atoms with E-state index in [1.807, 2.05) is 12.1 Å². The maximum Gasteiger partial charge on any atom is 0.126 e. The molecule has 3 nitrogen and oxygen atoms in total. The van der Waals surface area contributed by atoms with E-state index in [1.54, 1.807) is 12.1 Å². The van der Waals surface area contributed by atoms with Crippen LogP contribution >= 0.6 is 0 Å². The summed E-state index contributed by atoms with van der Waals surface area (Å²) >= 11 is 0. The fourth-order valence-electron chi connectivity index (χ4n) is 2.46. The lowest BCUT2D eigenvalue weighted by molar-refractivity contribution is 0.289. The smallest absolute Gasteiger partial charge is 0.126 e. The van der Waals surface area contributed by atoms with Crippen LogP contribution in [0.25, 0.3) is 0 Å². The van der Waals surface area contributed by atoms with Gasteiger partial charge in [-0.25, -0.2) is 0 Å². The van der Waals surface area contributed by atoms with Gasteiger partial charge in [0.25, 0.3) is 0 Å². The Hall–Kier alpha value is -1.53. The van der Waals surface area contributed by atoms with E-state index in [0.717, 1.165) is 25.3 Å². The summed E-state index contributed by atoms with van der Waals surface area (Å²) in [5.41, 5.74) is 0.678. The second kappa shape index (κ2) is 7.81. The first-order valence-corrected chi connectivity index (χ1v) is 7.24. The quantitative estimate of drug-likeness (QED) is 0.601. The van der Waals surface area contributed by atoms with Gasteiger partial charge in [0.2, 0.25) is 0 Å². The number of likely N-dealkylation sites (tertiary alicyclic amines) is 1. The van der Waals surface area contributed by atoms with E-state index in [2.05, 4.69) is 11.0 Å². The van der Waals surface area contributed by atoms with Crippen LogP contribution in [-0.2, 0) is 0 Å². The second-order valence-corrected chi connectivity index (χ2v) is 5.09. The van der Waals surface area contributed by atoms with Gasteiger partial charge in [0.05, 0.1) is 18.2 Å². The Bertz CT molecular complexity index is 400. The standard InChI is InChI=1S/C16H22N2O/c17-14-15-6-8-16(9-7-15)19-13-5-12-18-10-3-1-2-4-11-18/h6-9H,1-5,10-13H2/q+1. The fourth-order valence-corrected chi connectivity index (χ4v) is 2.46. The van der Waals surface area contributed by atoms with E-state index in [0.29, 0.717) is 5.56 Å². The third-order valence-electron chi connectivity index (χ3n) is 3.57. The van der Waals surface area contributed by atoms with Crippen LogP contribution in [0.3, 0.4) is 0 Å². The first-order chi connectivity index (χ1) is 9.38. The number of nitriles is 1. The van der Waals surface area contributed by atoms with Gasteiger partial charge in [-0.05, 0) is 37.1 Å². The zero-order valence-electron chi connectivity index (χ0n) is 11.5. The number of hydrogen-bond donors (Lipinski definition) is 0. The Morgan fingerprint density at radius 2 is 1.74 bits per heavy atom. The van der Waals surface area contributed by atoms with Gasteiger partial charge < -0.3 is 4.74 Å². The van der Waals surface area contributed by atoms with E-state index in [4.69, 9.17) is 10.00 Å². The van der Waals surface area contributed by atoms with Gasteiger partial charge in [0.15, 0.2) is 0 Å². The predicted molar refractivity (Wildman–Crippen MR) is 76.5 cm³/mol. The van der Waals surface area contributed by atoms with Crippen LogP contribution in [0.1, 0.15) is 37.7 Å². The van der Waals surface area contributed by atoms with Crippen molar-refractivity contribution < 1.29 is 4.74 Å². The lowest BCUT2D eigenvalue weighted by Crippen LogP contribution is -2.32. The highest BCUT2D eigenvalue weighted by molar-refractivity contribution is 5.34. The third kappa shape index (κ3) is 4.92. The maximum absolute atomic E-state index is 8.71. The van der Waals surface area contributed by atoms with Crippen LogP contribution in [-0.4, -0.2) is 26.2 Å². The fraction of sp³-hybridized carbons (Fsp3) is 0.562. The highest BCUT2D eigenvalue weighted by Gasteiger charge is 2.16. The molecule has 1 fully saturated rings. The molecular formula is C16H22N2O+. The Morgan fingerprint density at radius 3 is 2.37 bits per heavy atom. The molecule has 1 aliphatic rings. The summed E-state index contributed by atoms with van der Waals surface area (Å²) in [5.74, 6) is 0.856. The van der Waals surface area contributed by atoms with Crippen molar-refractivity contribution in [2.75, 3.05) is 26.2 Å². The minimum atomic E-state index is 0.678. The van der Waals surface area contributed by atoms with Crippen molar-refractivity contribution in [3.8, 4) is 11.8 Å². The molecule has 1 aromatic carbocycles.